The van der Waals surface area contributed by atoms with Crippen LogP contribution in [0.5, 0.6) is 5.75 Å². The number of ether oxygens (including phenoxy) is 2. The van der Waals surface area contributed by atoms with Crippen molar-refractivity contribution in [3.63, 3.8) is 0 Å². The molecule has 1 amide bonds. The van der Waals surface area contributed by atoms with Gasteiger partial charge in [-0.3, -0.25) is 4.79 Å². The molecule has 2 N–H and O–H groups in total. The van der Waals surface area contributed by atoms with E-state index in [4.69, 9.17) is 9.47 Å². The molecule has 0 aliphatic rings. The molecule has 22 heavy (non-hydrogen) atoms. The second-order valence-corrected chi connectivity index (χ2v) is 4.54. The number of aromatic nitrogens is 1. The van der Waals surface area contributed by atoms with E-state index in [9.17, 15) is 4.79 Å². The standard InChI is InChI=1S/C16H19N3O3/c1-21-9-8-17-16(20)12-6-7-15(18-11-12)19-13-4-3-5-14(10-13)22-2/h3-7,10-11H,8-9H2,1-2H3,(H,17,20)(H,18,19). The molecule has 6 heteroatoms. The number of benzene rings is 1. The summed E-state index contributed by atoms with van der Waals surface area (Å²) in [7, 11) is 3.21. The highest BCUT2D eigenvalue weighted by Crippen LogP contribution is 2.20. The molecule has 0 atom stereocenters. The van der Waals surface area contributed by atoms with Crippen molar-refractivity contribution >= 4 is 17.4 Å². The van der Waals surface area contributed by atoms with Gasteiger partial charge in [0.2, 0.25) is 0 Å². The normalized spacial score (nSPS) is 10.1. The number of hydrogen-bond acceptors (Lipinski definition) is 5. The van der Waals surface area contributed by atoms with Gasteiger partial charge in [-0.25, -0.2) is 4.98 Å². The van der Waals surface area contributed by atoms with Crippen LogP contribution in [0.25, 0.3) is 0 Å². The van der Waals surface area contributed by atoms with Gasteiger partial charge >= 0.3 is 0 Å². The number of nitrogens with one attached hydrogen (secondary N) is 2. The Labute approximate surface area is 129 Å². The Hall–Kier alpha value is -2.60. The number of rotatable bonds is 7. The molecule has 1 aromatic heterocycles. The van der Waals surface area contributed by atoms with Gasteiger partial charge in [0, 0.05) is 31.6 Å². The summed E-state index contributed by atoms with van der Waals surface area (Å²) >= 11 is 0. The Morgan fingerprint density at radius 3 is 2.77 bits per heavy atom. The maximum Gasteiger partial charge on any atom is 0.252 e. The summed E-state index contributed by atoms with van der Waals surface area (Å²) in [5, 5.41) is 5.90. The number of nitrogens with zero attached hydrogens (tertiary/aromatic N) is 1. The molecule has 0 radical (unpaired) electrons. The molecule has 0 unspecified atom stereocenters. The molecule has 0 spiro atoms. The summed E-state index contributed by atoms with van der Waals surface area (Å²) in [6.45, 7) is 0.952. The van der Waals surface area contributed by atoms with Gasteiger partial charge in [0.15, 0.2) is 0 Å². The molecule has 0 fully saturated rings. The summed E-state index contributed by atoms with van der Waals surface area (Å²) < 4.78 is 10.0. The third-order valence-electron chi connectivity index (χ3n) is 2.96. The quantitative estimate of drug-likeness (QED) is 0.767. The predicted octanol–water partition coefficient (Wildman–Crippen LogP) is 2.21. The van der Waals surface area contributed by atoms with Crippen LogP contribution < -0.4 is 15.4 Å². The molecule has 0 bridgehead atoms. The van der Waals surface area contributed by atoms with Gasteiger partial charge in [-0.05, 0) is 24.3 Å². The first-order chi connectivity index (χ1) is 10.7. The number of carbonyl (C=O) groups is 1. The Morgan fingerprint density at radius 2 is 2.09 bits per heavy atom. The molecule has 0 aliphatic carbocycles. The van der Waals surface area contributed by atoms with Crippen molar-refractivity contribution in [2.24, 2.45) is 0 Å². The second kappa shape index (κ2) is 7.99. The van der Waals surface area contributed by atoms with E-state index in [1.54, 1.807) is 26.4 Å². The van der Waals surface area contributed by atoms with Crippen LogP contribution in [0.4, 0.5) is 11.5 Å². The van der Waals surface area contributed by atoms with Gasteiger partial charge in [0.1, 0.15) is 11.6 Å². The van der Waals surface area contributed by atoms with E-state index in [1.165, 1.54) is 6.20 Å². The minimum atomic E-state index is -0.169. The highest BCUT2D eigenvalue weighted by Gasteiger charge is 2.05. The topological polar surface area (TPSA) is 72.5 Å². The van der Waals surface area contributed by atoms with E-state index in [0.29, 0.717) is 24.5 Å². The summed E-state index contributed by atoms with van der Waals surface area (Å²) in [4.78, 5) is 16.1. The third-order valence-corrected chi connectivity index (χ3v) is 2.96. The van der Waals surface area contributed by atoms with E-state index < -0.39 is 0 Å². The zero-order chi connectivity index (χ0) is 15.8. The van der Waals surface area contributed by atoms with Crippen LogP contribution in [0.15, 0.2) is 42.6 Å². The van der Waals surface area contributed by atoms with Crippen molar-refractivity contribution in [1.82, 2.24) is 10.3 Å². The molecular weight excluding hydrogens is 282 g/mol. The van der Waals surface area contributed by atoms with E-state index in [-0.39, 0.29) is 5.91 Å². The van der Waals surface area contributed by atoms with Gasteiger partial charge in [0.25, 0.3) is 5.91 Å². The number of hydrogen-bond donors (Lipinski definition) is 2. The first-order valence-electron chi connectivity index (χ1n) is 6.87. The molecule has 1 heterocycles. The van der Waals surface area contributed by atoms with Gasteiger partial charge in [-0.15, -0.1) is 0 Å². The molecule has 2 rings (SSSR count). The van der Waals surface area contributed by atoms with Crippen LogP contribution in [-0.2, 0) is 4.74 Å². The van der Waals surface area contributed by atoms with E-state index in [1.807, 2.05) is 24.3 Å². The largest absolute Gasteiger partial charge is 0.497 e. The smallest absolute Gasteiger partial charge is 0.252 e. The fourth-order valence-electron chi connectivity index (χ4n) is 1.82. The fourth-order valence-corrected chi connectivity index (χ4v) is 1.82. The minimum absolute atomic E-state index is 0.169. The average Bonchev–Trinajstić information content (AvgIpc) is 2.56. The maximum absolute atomic E-state index is 11.8. The van der Waals surface area contributed by atoms with Gasteiger partial charge < -0.3 is 20.1 Å². The third kappa shape index (κ3) is 4.46. The van der Waals surface area contributed by atoms with Crippen molar-refractivity contribution in [2.45, 2.75) is 0 Å². The van der Waals surface area contributed by atoms with E-state index >= 15 is 0 Å². The van der Waals surface area contributed by atoms with Crippen LogP contribution >= 0.6 is 0 Å². The van der Waals surface area contributed by atoms with Crippen LogP contribution in [0.3, 0.4) is 0 Å². The minimum Gasteiger partial charge on any atom is -0.497 e. The van der Waals surface area contributed by atoms with Crippen molar-refractivity contribution in [3.05, 3.63) is 48.2 Å². The van der Waals surface area contributed by atoms with Crippen LogP contribution in [0.2, 0.25) is 0 Å². The highest BCUT2D eigenvalue weighted by atomic mass is 16.5. The summed E-state index contributed by atoms with van der Waals surface area (Å²) in [5.41, 5.74) is 1.37. The number of anilines is 2. The summed E-state index contributed by atoms with van der Waals surface area (Å²) in [6.07, 6.45) is 1.53. The van der Waals surface area contributed by atoms with E-state index in [0.717, 1.165) is 11.4 Å². The van der Waals surface area contributed by atoms with Gasteiger partial charge in [0.05, 0.1) is 19.3 Å². The lowest BCUT2D eigenvalue weighted by Crippen LogP contribution is -2.26. The molecular formula is C16H19N3O3. The molecule has 116 valence electrons. The lowest BCUT2D eigenvalue weighted by molar-refractivity contribution is 0.0937. The lowest BCUT2D eigenvalue weighted by atomic mass is 10.2. The number of amides is 1. The van der Waals surface area contributed by atoms with E-state index in [2.05, 4.69) is 15.6 Å². The van der Waals surface area contributed by atoms with Crippen molar-refractivity contribution in [2.75, 3.05) is 32.7 Å². The lowest BCUT2D eigenvalue weighted by Gasteiger charge is -2.08. The number of methoxy groups -OCH3 is 2. The van der Waals surface area contributed by atoms with Gasteiger partial charge in [-0.1, -0.05) is 6.07 Å². The zero-order valence-corrected chi connectivity index (χ0v) is 12.6. The van der Waals surface area contributed by atoms with Gasteiger partial charge in [-0.2, -0.15) is 0 Å². The molecule has 0 saturated carbocycles. The second-order valence-electron chi connectivity index (χ2n) is 4.54. The van der Waals surface area contributed by atoms with Crippen molar-refractivity contribution < 1.29 is 14.3 Å². The predicted molar refractivity (Wildman–Crippen MR) is 84.7 cm³/mol. The Morgan fingerprint density at radius 1 is 1.23 bits per heavy atom. The monoisotopic (exact) mass is 301 g/mol. The summed E-state index contributed by atoms with van der Waals surface area (Å²) in [5.74, 6) is 1.25. The maximum atomic E-state index is 11.8. The molecule has 0 saturated heterocycles. The molecule has 1 aromatic carbocycles. The van der Waals surface area contributed by atoms with Crippen molar-refractivity contribution in [1.29, 1.82) is 0 Å². The van der Waals surface area contributed by atoms with Crippen LogP contribution in [0.1, 0.15) is 10.4 Å². The molecule has 6 nitrogen and oxygen atoms in total. The first-order valence-corrected chi connectivity index (χ1v) is 6.87. The Balaban J connectivity index is 1.97. The van der Waals surface area contributed by atoms with Crippen LogP contribution in [-0.4, -0.2) is 38.3 Å². The number of pyridine rings is 1. The molecule has 0 aliphatic heterocycles. The highest BCUT2D eigenvalue weighted by molar-refractivity contribution is 5.94. The summed E-state index contributed by atoms with van der Waals surface area (Å²) in [6, 6.07) is 11.0. The first kappa shape index (κ1) is 15.8. The Bertz CT molecular complexity index is 614. The Kier molecular flexibility index (Phi) is 5.73. The van der Waals surface area contributed by atoms with Crippen molar-refractivity contribution in [3.8, 4) is 5.75 Å². The average molecular weight is 301 g/mol. The zero-order valence-electron chi connectivity index (χ0n) is 12.6. The SMILES string of the molecule is COCCNC(=O)c1ccc(Nc2cccc(OC)c2)nc1. The molecule has 2 aromatic rings. The van der Waals surface area contributed by atoms with Crippen LogP contribution in [0, 0.1) is 0 Å². The number of carbonyl (C=O) groups excluding carboxylic acids is 1. The fraction of sp³-hybridized carbons (Fsp3) is 0.250.